The van der Waals surface area contributed by atoms with Crippen LogP contribution >= 0.6 is 34.4 Å². The molecule has 1 aliphatic rings. The number of rotatable bonds is 7. The van der Waals surface area contributed by atoms with E-state index in [2.05, 4.69) is 51.7 Å². The van der Waals surface area contributed by atoms with E-state index in [1.807, 2.05) is 16.7 Å². The second-order valence-electron chi connectivity index (χ2n) is 6.76. The normalized spacial score (nSPS) is 13.0. The fourth-order valence-electron chi connectivity index (χ4n) is 2.91. The lowest BCUT2D eigenvalue weighted by Crippen LogP contribution is -2.37. The van der Waals surface area contributed by atoms with E-state index in [0.717, 1.165) is 55.8 Å². The Kier molecular flexibility index (Phi) is 5.78. The van der Waals surface area contributed by atoms with Crippen molar-refractivity contribution in [2.24, 2.45) is 0 Å². The highest BCUT2D eigenvalue weighted by Gasteiger charge is 2.22. The Hall–Kier alpha value is -1.79. The molecule has 3 aromatic rings. The molecule has 1 aromatic carbocycles. The van der Waals surface area contributed by atoms with Crippen LogP contribution in [0.2, 0.25) is 0 Å². The maximum absolute atomic E-state index is 6.07. The number of nitrogens with zero attached hydrogens (tertiary/aromatic N) is 3. The van der Waals surface area contributed by atoms with Crippen LogP contribution in [0.15, 0.2) is 28.5 Å². The summed E-state index contributed by atoms with van der Waals surface area (Å²) in [5.74, 6) is 1.99. The molecule has 2 aromatic heterocycles. The number of hydrogen-bond donors (Lipinski definition) is 3. The van der Waals surface area contributed by atoms with E-state index >= 15 is 0 Å². The van der Waals surface area contributed by atoms with Crippen LogP contribution in [0.25, 0.3) is 11.2 Å². The number of fused-ring (bicyclic) bond motifs is 2. The molecule has 0 atom stereocenters. The lowest BCUT2D eigenvalue weighted by atomic mass is 10.3. The van der Waals surface area contributed by atoms with Crippen molar-refractivity contribution in [1.29, 1.82) is 0 Å². The first kappa shape index (κ1) is 19.5. The lowest BCUT2D eigenvalue weighted by Gasteiger charge is -2.07. The summed E-state index contributed by atoms with van der Waals surface area (Å²) in [5, 5.41) is 4.19. The SMILES string of the molecule is CC(C)NCCC[n+]1cnc(N)c2[nH]c(Sc3cc4c(cc3[124I])OCO4)nc21. The van der Waals surface area contributed by atoms with Crippen molar-refractivity contribution in [3.63, 3.8) is 0 Å². The molecule has 0 unspecified atom stereocenters. The molecule has 0 saturated heterocycles. The number of nitrogen functional groups attached to an aromatic ring is 1. The largest absolute Gasteiger partial charge is 0.454 e. The van der Waals surface area contributed by atoms with E-state index < -0.39 is 0 Å². The van der Waals surface area contributed by atoms with E-state index in [1.165, 1.54) is 11.8 Å². The van der Waals surface area contributed by atoms with Gasteiger partial charge in [0.15, 0.2) is 17.0 Å². The molecule has 10 heteroatoms. The number of H-pyrrole nitrogens is 1. The van der Waals surface area contributed by atoms with Gasteiger partial charge in [0.1, 0.15) is 0 Å². The van der Waals surface area contributed by atoms with Gasteiger partial charge in [-0.25, -0.2) is 4.57 Å². The van der Waals surface area contributed by atoms with Crippen LogP contribution in [0.3, 0.4) is 0 Å². The van der Waals surface area contributed by atoms with Gasteiger partial charge in [-0.15, -0.1) is 0 Å². The Morgan fingerprint density at radius 2 is 2.14 bits per heavy atom. The number of benzene rings is 1. The fourth-order valence-corrected chi connectivity index (χ4v) is 4.50. The second kappa shape index (κ2) is 8.29. The minimum absolute atomic E-state index is 0.262. The van der Waals surface area contributed by atoms with Gasteiger partial charge in [-0.1, -0.05) is 23.8 Å². The summed E-state index contributed by atoms with van der Waals surface area (Å²) in [4.78, 5) is 13.4. The van der Waals surface area contributed by atoms with Gasteiger partial charge in [0.25, 0.3) is 5.65 Å². The minimum Gasteiger partial charge on any atom is -0.454 e. The molecule has 0 aliphatic carbocycles. The van der Waals surface area contributed by atoms with Gasteiger partial charge in [0.2, 0.25) is 24.1 Å². The minimum atomic E-state index is 0.262. The van der Waals surface area contributed by atoms with Crippen molar-refractivity contribution in [3.05, 3.63) is 22.0 Å². The van der Waals surface area contributed by atoms with E-state index in [4.69, 9.17) is 20.2 Å². The first-order valence-corrected chi connectivity index (χ1v) is 10.9. The van der Waals surface area contributed by atoms with Gasteiger partial charge in [0.05, 0.1) is 6.54 Å². The van der Waals surface area contributed by atoms with E-state index in [-0.39, 0.29) is 6.79 Å². The molecule has 8 nitrogen and oxygen atoms in total. The standard InChI is InChI=1S/C18H21IN6O2S/c1-10(2)21-4-3-5-25-8-22-16(20)15-17(25)24-18(23-15)28-14-7-13-12(6-11(14)19)26-9-27-13/h6-8,10,21H,3-5,9H2,1-2H3,(H2,20,23,24)/p+1/i19-3. The van der Waals surface area contributed by atoms with Gasteiger partial charge in [0, 0.05) is 14.5 Å². The Balaban J connectivity index is 1.57. The number of aromatic amines is 1. The van der Waals surface area contributed by atoms with Gasteiger partial charge < -0.3 is 25.5 Å². The molecule has 0 saturated carbocycles. The van der Waals surface area contributed by atoms with Crippen LogP contribution < -0.4 is 25.1 Å². The van der Waals surface area contributed by atoms with Crippen molar-refractivity contribution in [2.75, 3.05) is 19.1 Å². The molecule has 4 rings (SSSR count). The Labute approximate surface area is 180 Å². The molecule has 0 radical (unpaired) electrons. The van der Waals surface area contributed by atoms with Gasteiger partial charge in [-0.2, -0.15) is 0 Å². The van der Waals surface area contributed by atoms with Crippen LogP contribution in [0, 0.1) is 3.57 Å². The molecule has 28 heavy (non-hydrogen) atoms. The molecule has 0 amide bonds. The zero-order valence-corrected chi connectivity index (χ0v) is 18.6. The van der Waals surface area contributed by atoms with Crippen molar-refractivity contribution in [2.45, 2.75) is 42.9 Å². The number of ether oxygens (including phenoxy) is 2. The maximum Gasteiger partial charge on any atom is 0.294 e. The lowest BCUT2D eigenvalue weighted by molar-refractivity contribution is -0.676. The molecule has 3 heterocycles. The number of nitrogens with one attached hydrogen (secondary N) is 2. The van der Waals surface area contributed by atoms with Crippen LogP contribution in [0.5, 0.6) is 11.5 Å². The smallest absolute Gasteiger partial charge is 0.294 e. The Morgan fingerprint density at radius 3 is 2.93 bits per heavy atom. The highest BCUT2D eigenvalue weighted by molar-refractivity contribution is 14.1. The van der Waals surface area contributed by atoms with E-state index in [0.29, 0.717) is 11.9 Å². The van der Waals surface area contributed by atoms with Gasteiger partial charge >= 0.3 is 0 Å². The molecular weight excluding hydrogens is 488 g/mol. The third-order valence-electron chi connectivity index (χ3n) is 4.29. The van der Waals surface area contributed by atoms with Crippen molar-refractivity contribution in [1.82, 2.24) is 20.3 Å². The number of aromatic nitrogens is 4. The second-order valence-corrected chi connectivity index (χ2v) is 8.96. The van der Waals surface area contributed by atoms with Gasteiger partial charge in [-0.3, -0.25) is 0 Å². The summed E-state index contributed by atoms with van der Waals surface area (Å²) in [6.45, 7) is 6.31. The number of aryl methyl sites for hydroxylation is 1. The number of imidazole rings is 1. The summed E-state index contributed by atoms with van der Waals surface area (Å²) in [6, 6.07) is 4.44. The summed E-state index contributed by atoms with van der Waals surface area (Å²) < 4.78 is 14.0. The number of anilines is 1. The summed E-state index contributed by atoms with van der Waals surface area (Å²) >= 11 is 3.83. The summed E-state index contributed by atoms with van der Waals surface area (Å²) in [5.41, 5.74) is 7.65. The number of nitrogens with two attached hydrogens (primary N) is 1. The summed E-state index contributed by atoms with van der Waals surface area (Å²) in [6.07, 6.45) is 2.74. The third-order valence-corrected chi connectivity index (χ3v) is 6.49. The van der Waals surface area contributed by atoms with Gasteiger partial charge in [-0.05, 0) is 59.5 Å². The molecular formula is C18H22IN6O2S+. The Morgan fingerprint density at radius 1 is 1.36 bits per heavy atom. The predicted molar refractivity (Wildman–Crippen MR) is 116 cm³/mol. The molecule has 0 fully saturated rings. The van der Waals surface area contributed by atoms with Crippen LogP contribution in [0.1, 0.15) is 20.3 Å². The molecule has 148 valence electrons. The van der Waals surface area contributed by atoms with Crippen molar-refractivity contribution < 1.29 is 14.0 Å². The monoisotopic (exact) mass is 510 g/mol. The zero-order valence-electron chi connectivity index (χ0n) is 15.7. The average Bonchev–Trinajstić information content (AvgIpc) is 3.27. The van der Waals surface area contributed by atoms with Crippen LogP contribution in [-0.4, -0.2) is 34.3 Å². The first-order valence-electron chi connectivity index (χ1n) is 9.05. The molecule has 0 bridgehead atoms. The van der Waals surface area contributed by atoms with Crippen molar-refractivity contribution in [3.8, 4) is 11.5 Å². The van der Waals surface area contributed by atoms with Crippen molar-refractivity contribution >= 4 is 51.3 Å². The average molecular weight is 510 g/mol. The highest BCUT2D eigenvalue weighted by Crippen LogP contribution is 2.40. The molecule has 1 aliphatic heterocycles. The summed E-state index contributed by atoms with van der Waals surface area (Å²) in [7, 11) is 0. The molecule has 4 N–H and O–H groups in total. The molecule has 0 spiro atoms. The topological polar surface area (TPSA) is 102 Å². The first-order chi connectivity index (χ1) is 13.5. The highest BCUT2D eigenvalue weighted by atomic mass is 124. The maximum atomic E-state index is 6.07. The van der Waals surface area contributed by atoms with E-state index in [9.17, 15) is 0 Å². The fraction of sp³-hybridized carbons (Fsp3) is 0.389. The van der Waals surface area contributed by atoms with E-state index in [1.54, 1.807) is 6.33 Å². The third kappa shape index (κ3) is 4.13. The quantitative estimate of drug-likeness (QED) is 0.255. The number of halogens is 1. The predicted octanol–water partition coefficient (Wildman–Crippen LogP) is 2.70. The zero-order chi connectivity index (χ0) is 19.7. The van der Waals surface area contributed by atoms with Crippen LogP contribution in [0.4, 0.5) is 5.82 Å². The Bertz CT molecular complexity index is 1010. The van der Waals surface area contributed by atoms with Crippen LogP contribution in [-0.2, 0) is 6.54 Å². The number of hydrogen-bond acceptors (Lipinski definition) is 7.